The zero-order valence-electron chi connectivity index (χ0n) is 9.95. The van der Waals surface area contributed by atoms with E-state index in [1.807, 2.05) is 0 Å². The number of rotatable bonds is 3. The minimum atomic E-state index is -0.802. The van der Waals surface area contributed by atoms with Gasteiger partial charge in [-0.05, 0) is 31.0 Å². The second-order valence-electron chi connectivity index (χ2n) is 4.78. The van der Waals surface area contributed by atoms with E-state index in [2.05, 4.69) is 5.32 Å². The van der Waals surface area contributed by atoms with Crippen LogP contribution in [0.25, 0.3) is 0 Å². The van der Waals surface area contributed by atoms with Crippen LogP contribution in [0, 0.1) is 0 Å². The third kappa shape index (κ3) is 2.94. The van der Waals surface area contributed by atoms with E-state index in [-0.39, 0.29) is 17.9 Å². The largest absolute Gasteiger partial charge is 0.507 e. The molecular formula is C13H16ClNO3. The smallest absolute Gasteiger partial charge is 0.255 e. The quantitative estimate of drug-likeness (QED) is 0.787. The zero-order valence-corrected chi connectivity index (χ0v) is 10.7. The molecule has 0 radical (unpaired) electrons. The average Bonchev–Trinajstić information content (AvgIpc) is 2.77. The van der Waals surface area contributed by atoms with Gasteiger partial charge in [0.05, 0.1) is 11.2 Å². The average molecular weight is 270 g/mol. The fraction of sp³-hybridized carbons (Fsp3) is 0.462. The SMILES string of the molecule is O=C(NCC1(O)CCCC1)c1cc(Cl)ccc1O. The highest BCUT2D eigenvalue weighted by Gasteiger charge is 2.31. The van der Waals surface area contributed by atoms with E-state index in [1.54, 1.807) is 0 Å². The fourth-order valence-corrected chi connectivity index (χ4v) is 2.41. The Morgan fingerprint density at radius 1 is 1.39 bits per heavy atom. The first-order valence-electron chi connectivity index (χ1n) is 5.99. The molecule has 0 spiro atoms. The molecule has 1 saturated carbocycles. The van der Waals surface area contributed by atoms with Crippen molar-refractivity contribution < 1.29 is 15.0 Å². The lowest BCUT2D eigenvalue weighted by Crippen LogP contribution is -2.40. The van der Waals surface area contributed by atoms with Crippen molar-refractivity contribution in [2.24, 2.45) is 0 Å². The summed E-state index contributed by atoms with van der Waals surface area (Å²) in [6, 6.07) is 4.30. The molecule has 3 N–H and O–H groups in total. The van der Waals surface area contributed by atoms with Gasteiger partial charge in [-0.15, -0.1) is 0 Å². The normalized spacial score (nSPS) is 17.7. The summed E-state index contributed by atoms with van der Waals surface area (Å²) in [7, 11) is 0. The van der Waals surface area contributed by atoms with Crippen LogP contribution in [0.5, 0.6) is 5.75 Å². The fourth-order valence-electron chi connectivity index (χ4n) is 2.24. The Morgan fingerprint density at radius 3 is 2.72 bits per heavy atom. The number of carbonyl (C=O) groups excluding carboxylic acids is 1. The molecule has 0 aliphatic heterocycles. The van der Waals surface area contributed by atoms with Gasteiger partial charge in [0.25, 0.3) is 5.91 Å². The number of aromatic hydroxyl groups is 1. The van der Waals surface area contributed by atoms with Crippen LogP contribution in [-0.4, -0.2) is 28.3 Å². The summed E-state index contributed by atoms with van der Waals surface area (Å²) in [6.07, 6.45) is 3.37. The van der Waals surface area contributed by atoms with Gasteiger partial charge in [0.1, 0.15) is 5.75 Å². The Hall–Kier alpha value is -1.26. The van der Waals surface area contributed by atoms with Gasteiger partial charge >= 0.3 is 0 Å². The highest BCUT2D eigenvalue weighted by atomic mass is 35.5. The first-order valence-corrected chi connectivity index (χ1v) is 6.37. The molecule has 0 heterocycles. The number of phenolic OH excluding ortho intramolecular Hbond substituents is 1. The van der Waals surface area contributed by atoms with Gasteiger partial charge in [0.2, 0.25) is 0 Å². The van der Waals surface area contributed by atoms with E-state index in [0.29, 0.717) is 17.9 Å². The van der Waals surface area contributed by atoms with Gasteiger partial charge in [-0.2, -0.15) is 0 Å². The van der Waals surface area contributed by atoms with Crippen LogP contribution < -0.4 is 5.32 Å². The van der Waals surface area contributed by atoms with E-state index in [9.17, 15) is 15.0 Å². The summed E-state index contributed by atoms with van der Waals surface area (Å²) >= 11 is 5.78. The van der Waals surface area contributed by atoms with Crippen LogP contribution >= 0.6 is 11.6 Å². The van der Waals surface area contributed by atoms with Crippen molar-refractivity contribution in [1.29, 1.82) is 0 Å². The van der Waals surface area contributed by atoms with Crippen LogP contribution in [0.4, 0.5) is 0 Å². The van der Waals surface area contributed by atoms with Crippen molar-refractivity contribution in [3.63, 3.8) is 0 Å². The lowest BCUT2D eigenvalue weighted by Gasteiger charge is -2.22. The maximum absolute atomic E-state index is 11.9. The van der Waals surface area contributed by atoms with E-state index in [4.69, 9.17) is 11.6 Å². The standard InChI is InChI=1S/C13H16ClNO3/c14-9-3-4-11(16)10(7-9)12(17)15-8-13(18)5-1-2-6-13/h3-4,7,16,18H,1-2,5-6,8H2,(H,15,17). The van der Waals surface area contributed by atoms with E-state index in [0.717, 1.165) is 12.8 Å². The Kier molecular flexibility index (Phi) is 3.78. The molecule has 1 amide bonds. The molecular weight excluding hydrogens is 254 g/mol. The van der Waals surface area contributed by atoms with Gasteiger partial charge in [-0.25, -0.2) is 0 Å². The predicted molar refractivity (Wildman–Crippen MR) is 68.9 cm³/mol. The number of halogens is 1. The lowest BCUT2D eigenvalue weighted by atomic mass is 10.0. The number of nitrogens with one attached hydrogen (secondary N) is 1. The first kappa shape index (κ1) is 13.2. The first-order chi connectivity index (χ1) is 8.50. The molecule has 1 fully saturated rings. The highest BCUT2D eigenvalue weighted by Crippen LogP contribution is 2.29. The number of aliphatic hydroxyl groups is 1. The monoisotopic (exact) mass is 269 g/mol. The molecule has 4 nitrogen and oxygen atoms in total. The summed E-state index contributed by atoms with van der Waals surface area (Å²) in [6.45, 7) is 0.206. The van der Waals surface area contributed by atoms with Gasteiger partial charge in [-0.3, -0.25) is 4.79 Å². The molecule has 0 saturated heterocycles. The van der Waals surface area contributed by atoms with Gasteiger partial charge < -0.3 is 15.5 Å². The van der Waals surface area contributed by atoms with Gasteiger partial charge in [0, 0.05) is 11.6 Å². The molecule has 1 aliphatic rings. The minimum Gasteiger partial charge on any atom is -0.507 e. The van der Waals surface area contributed by atoms with Crippen LogP contribution in [0.1, 0.15) is 36.0 Å². The molecule has 5 heteroatoms. The summed E-state index contributed by atoms with van der Waals surface area (Å²) in [5.41, 5.74) is -0.673. The van der Waals surface area contributed by atoms with E-state index >= 15 is 0 Å². The second-order valence-corrected chi connectivity index (χ2v) is 5.21. The number of phenols is 1. The minimum absolute atomic E-state index is 0.115. The van der Waals surface area contributed by atoms with Crippen molar-refractivity contribution >= 4 is 17.5 Å². The Bertz CT molecular complexity index is 456. The third-order valence-corrected chi connectivity index (χ3v) is 3.55. The van der Waals surface area contributed by atoms with Gasteiger partial charge in [0.15, 0.2) is 0 Å². The summed E-state index contributed by atoms with van der Waals surface area (Å²) in [5.74, 6) is -0.536. The Labute approximate surface area is 111 Å². The number of carbonyl (C=O) groups is 1. The molecule has 1 aromatic carbocycles. The van der Waals surface area contributed by atoms with Crippen molar-refractivity contribution in [3.05, 3.63) is 28.8 Å². The van der Waals surface area contributed by atoms with Crippen molar-refractivity contribution in [2.45, 2.75) is 31.3 Å². The highest BCUT2D eigenvalue weighted by molar-refractivity contribution is 6.31. The lowest BCUT2D eigenvalue weighted by molar-refractivity contribution is 0.0449. The van der Waals surface area contributed by atoms with Crippen molar-refractivity contribution in [3.8, 4) is 5.75 Å². The molecule has 2 rings (SSSR count). The molecule has 0 atom stereocenters. The Balaban J connectivity index is 2.01. The second kappa shape index (κ2) is 5.16. The summed E-state index contributed by atoms with van der Waals surface area (Å²) in [5, 5.41) is 22.7. The van der Waals surface area contributed by atoms with Crippen LogP contribution in [-0.2, 0) is 0 Å². The molecule has 0 bridgehead atoms. The summed E-state index contributed by atoms with van der Waals surface area (Å²) < 4.78 is 0. The molecule has 0 aromatic heterocycles. The van der Waals surface area contributed by atoms with Crippen LogP contribution in [0.2, 0.25) is 5.02 Å². The van der Waals surface area contributed by atoms with Crippen LogP contribution in [0.3, 0.4) is 0 Å². The van der Waals surface area contributed by atoms with Crippen molar-refractivity contribution in [2.75, 3.05) is 6.54 Å². The van der Waals surface area contributed by atoms with E-state index < -0.39 is 11.5 Å². The molecule has 18 heavy (non-hydrogen) atoms. The molecule has 0 unspecified atom stereocenters. The molecule has 98 valence electrons. The number of amides is 1. The van der Waals surface area contributed by atoms with Gasteiger partial charge in [-0.1, -0.05) is 24.4 Å². The van der Waals surface area contributed by atoms with Crippen molar-refractivity contribution in [1.82, 2.24) is 5.32 Å². The molecule has 1 aromatic rings. The maximum Gasteiger partial charge on any atom is 0.255 e. The Morgan fingerprint density at radius 2 is 2.06 bits per heavy atom. The number of benzene rings is 1. The summed E-state index contributed by atoms with van der Waals surface area (Å²) in [4.78, 5) is 11.9. The topological polar surface area (TPSA) is 69.6 Å². The maximum atomic E-state index is 11.9. The van der Waals surface area contributed by atoms with E-state index in [1.165, 1.54) is 18.2 Å². The van der Waals surface area contributed by atoms with Crippen LogP contribution in [0.15, 0.2) is 18.2 Å². The number of hydrogen-bond acceptors (Lipinski definition) is 3. The zero-order chi connectivity index (χ0) is 13.2. The predicted octanol–water partition coefficient (Wildman–Crippen LogP) is 2.08. The third-order valence-electron chi connectivity index (χ3n) is 3.32. The number of hydrogen-bond donors (Lipinski definition) is 3. The molecule has 1 aliphatic carbocycles.